The highest BCUT2D eigenvalue weighted by molar-refractivity contribution is 5.70. The molecule has 8 nitrogen and oxygen atoms in total. The van der Waals surface area contributed by atoms with Crippen molar-refractivity contribution in [1.82, 2.24) is 0 Å². The molecular formula is C7H10N2O6. The van der Waals surface area contributed by atoms with E-state index < -0.39 is 33.8 Å². The Kier molecular flexibility index (Phi) is 3.17. The van der Waals surface area contributed by atoms with Crippen LogP contribution in [0.5, 0.6) is 0 Å². The predicted molar refractivity (Wildman–Crippen MR) is 46.5 cm³/mol. The summed E-state index contributed by atoms with van der Waals surface area (Å²) < 4.78 is 0. The van der Waals surface area contributed by atoms with Crippen LogP contribution in [0, 0.1) is 26.1 Å². The van der Waals surface area contributed by atoms with Crippen LogP contribution >= 0.6 is 0 Å². The molecule has 0 radical (unpaired) electrons. The minimum absolute atomic E-state index is 0.118. The SMILES string of the molecule is O=C(O)C1CC([N+](=O)[O-])CC([N+](=O)[O-])C1. The van der Waals surface area contributed by atoms with Gasteiger partial charge < -0.3 is 5.11 Å². The second kappa shape index (κ2) is 4.20. The molecule has 0 bridgehead atoms. The number of hydrogen-bond donors (Lipinski definition) is 1. The summed E-state index contributed by atoms with van der Waals surface area (Å²) in [7, 11) is 0. The fourth-order valence-corrected chi connectivity index (χ4v) is 1.81. The van der Waals surface area contributed by atoms with Crippen LogP contribution in [0.1, 0.15) is 19.3 Å². The molecule has 1 aliphatic carbocycles. The number of hydrogen-bond acceptors (Lipinski definition) is 5. The van der Waals surface area contributed by atoms with Gasteiger partial charge in [0.15, 0.2) is 0 Å². The molecule has 2 unspecified atom stereocenters. The molecule has 1 fully saturated rings. The monoisotopic (exact) mass is 218 g/mol. The first-order chi connectivity index (χ1) is 6.91. The van der Waals surface area contributed by atoms with Gasteiger partial charge in [-0.3, -0.25) is 25.0 Å². The van der Waals surface area contributed by atoms with Crippen molar-refractivity contribution in [2.75, 3.05) is 0 Å². The predicted octanol–water partition coefficient (Wildman–Crippen LogP) is 0.162. The van der Waals surface area contributed by atoms with E-state index in [1.54, 1.807) is 0 Å². The molecule has 0 aromatic rings. The molecule has 0 spiro atoms. The molecule has 0 heterocycles. The van der Waals surface area contributed by atoms with Crippen molar-refractivity contribution in [3.05, 3.63) is 20.2 Å². The van der Waals surface area contributed by atoms with Gasteiger partial charge in [-0.15, -0.1) is 0 Å². The van der Waals surface area contributed by atoms with Gasteiger partial charge in [-0.2, -0.15) is 0 Å². The lowest BCUT2D eigenvalue weighted by Crippen LogP contribution is -2.40. The maximum absolute atomic E-state index is 10.6. The maximum Gasteiger partial charge on any atom is 0.307 e. The Morgan fingerprint density at radius 2 is 1.47 bits per heavy atom. The summed E-state index contributed by atoms with van der Waals surface area (Å²) in [5, 5.41) is 29.7. The average Bonchev–Trinajstić information content (AvgIpc) is 2.16. The van der Waals surface area contributed by atoms with Crippen molar-refractivity contribution < 1.29 is 19.7 Å². The van der Waals surface area contributed by atoms with Crippen LogP contribution in [0.3, 0.4) is 0 Å². The van der Waals surface area contributed by atoms with Crippen LogP contribution in [0.4, 0.5) is 0 Å². The topological polar surface area (TPSA) is 124 Å². The second-order valence-electron chi connectivity index (χ2n) is 3.62. The maximum atomic E-state index is 10.6. The van der Waals surface area contributed by atoms with Crippen LogP contribution in [0.2, 0.25) is 0 Å². The fraction of sp³-hybridized carbons (Fsp3) is 0.857. The minimum Gasteiger partial charge on any atom is -0.481 e. The third-order valence-electron chi connectivity index (χ3n) is 2.60. The van der Waals surface area contributed by atoms with Crippen LogP contribution < -0.4 is 0 Å². The van der Waals surface area contributed by atoms with Crippen molar-refractivity contribution in [3.63, 3.8) is 0 Å². The van der Waals surface area contributed by atoms with Gasteiger partial charge in [0.05, 0.1) is 12.3 Å². The molecule has 0 aromatic heterocycles. The van der Waals surface area contributed by atoms with Crippen LogP contribution in [0.25, 0.3) is 0 Å². The lowest BCUT2D eigenvalue weighted by molar-refractivity contribution is -0.569. The highest BCUT2D eigenvalue weighted by atomic mass is 16.6. The first-order valence-electron chi connectivity index (χ1n) is 4.41. The Labute approximate surface area is 84.2 Å². The molecule has 0 amide bonds. The smallest absolute Gasteiger partial charge is 0.307 e. The minimum atomic E-state index is -1.20. The Balaban J connectivity index is 2.77. The van der Waals surface area contributed by atoms with Crippen molar-refractivity contribution in [2.24, 2.45) is 5.92 Å². The summed E-state index contributed by atoms with van der Waals surface area (Å²) in [5.74, 6) is -2.18. The quantitative estimate of drug-likeness (QED) is 0.531. The number of carboxylic acid groups (broad SMARTS) is 1. The average molecular weight is 218 g/mol. The number of nitrogens with zero attached hydrogens (tertiary/aromatic N) is 2. The van der Waals surface area contributed by atoms with Gasteiger partial charge in [0.1, 0.15) is 0 Å². The molecule has 0 aromatic carbocycles. The number of carboxylic acids is 1. The summed E-state index contributed by atoms with van der Waals surface area (Å²) >= 11 is 0. The highest BCUT2D eigenvalue weighted by Crippen LogP contribution is 2.28. The second-order valence-corrected chi connectivity index (χ2v) is 3.62. The highest BCUT2D eigenvalue weighted by Gasteiger charge is 2.43. The summed E-state index contributed by atoms with van der Waals surface area (Å²) in [6.07, 6.45) is -0.414. The third kappa shape index (κ3) is 2.61. The van der Waals surface area contributed by atoms with E-state index in [-0.39, 0.29) is 19.3 Å². The summed E-state index contributed by atoms with van der Waals surface area (Å²) in [5.41, 5.74) is 0. The van der Waals surface area contributed by atoms with Crippen molar-refractivity contribution in [3.8, 4) is 0 Å². The lowest BCUT2D eigenvalue weighted by Gasteiger charge is -2.23. The summed E-state index contributed by atoms with van der Waals surface area (Å²) in [6.45, 7) is 0. The molecule has 0 aliphatic heterocycles. The van der Waals surface area contributed by atoms with Gasteiger partial charge in [0.25, 0.3) is 0 Å². The largest absolute Gasteiger partial charge is 0.481 e. The Morgan fingerprint density at radius 1 is 1.07 bits per heavy atom. The molecule has 84 valence electrons. The van der Waals surface area contributed by atoms with Crippen LogP contribution in [-0.4, -0.2) is 33.0 Å². The van der Waals surface area contributed by atoms with E-state index in [9.17, 15) is 25.0 Å². The van der Waals surface area contributed by atoms with Gasteiger partial charge in [-0.1, -0.05) is 0 Å². The van der Waals surface area contributed by atoms with E-state index >= 15 is 0 Å². The van der Waals surface area contributed by atoms with E-state index in [4.69, 9.17) is 5.11 Å². The number of carbonyl (C=O) groups is 1. The Bertz CT molecular complexity index is 250. The fourth-order valence-electron chi connectivity index (χ4n) is 1.81. The lowest BCUT2D eigenvalue weighted by atomic mass is 9.83. The van der Waals surface area contributed by atoms with E-state index in [1.165, 1.54) is 0 Å². The van der Waals surface area contributed by atoms with Crippen molar-refractivity contribution >= 4 is 5.97 Å². The van der Waals surface area contributed by atoms with Gasteiger partial charge in [-0.25, -0.2) is 0 Å². The van der Waals surface area contributed by atoms with Gasteiger partial charge in [0, 0.05) is 22.7 Å². The standard InChI is InChI=1S/C7H10N2O6/c10-7(11)4-1-5(8(12)13)3-6(2-4)9(14)15/h4-6H,1-3H2,(H,10,11). The summed E-state index contributed by atoms with van der Waals surface area (Å²) in [6, 6.07) is -2.23. The van der Waals surface area contributed by atoms with Crippen molar-refractivity contribution in [1.29, 1.82) is 0 Å². The zero-order chi connectivity index (χ0) is 11.6. The van der Waals surface area contributed by atoms with E-state index in [2.05, 4.69) is 0 Å². The van der Waals surface area contributed by atoms with E-state index in [0.29, 0.717) is 0 Å². The zero-order valence-electron chi connectivity index (χ0n) is 7.74. The molecule has 1 N–H and O–H groups in total. The number of nitro groups is 2. The molecule has 1 aliphatic rings. The summed E-state index contributed by atoms with van der Waals surface area (Å²) in [4.78, 5) is 30.3. The molecular weight excluding hydrogens is 208 g/mol. The van der Waals surface area contributed by atoms with Crippen molar-refractivity contribution in [2.45, 2.75) is 31.3 Å². The first-order valence-corrected chi connectivity index (χ1v) is 4.41. The normalized spacial score (nSPS) is 30.8. The van der Waals surface area contributed by atoms with E-state index in [1.807, 2.05) is 0 Å². The molecule has 2 atom stereocenters. The molecule has 8 heteroatoms. The number of aliphatic carboxylic acids is 1. The van der Waals surface area contributed by atoms with Gasteiger partial charge in [0.2, 0.25) is 12.1 Å². The molecule has 0 saturated heterocycles. The Hall–Kier alpha value is -1.73. The number of rotatable bonds is 3. The third-order valence-corrected chi connectivity index (χ3v) is 2.60. The van der Waals surface area contributed by atoms with Gasteiger partial charge in [-0.05, 0) is 0 Å². The Morgan fingerprint density at radius 3 is 1.73 bits per heavy atom. The first kappa shape index (κ1) is 11.3. The zero-order valence-corrected chi connectivity index (χ0v) is 7.74. The van der Waals surface area contributed by atoms with Gasteiger partial charge >= 0.3 is 5.97 Å². The molecule has 1 rings (SSSR count). The molecule has 1 saturated carbocycles. The molecule has 15 heavy (non-hydrogen) atoms. The van der Waals surface area contributed by atoms with E-state index in [0.717, 1.165) is 0 Å². The van der Waals surface area contributed by atoms with Crippen LogP contribution in [-0.2, 0) is 4.79 Å². The van der Waals surface area contributed by atoms with Crippen LogP contribution in [0.15, 0.2) is 0 Å².